The van der Waals surface area contributed by atoms with Crippen LogP contribution in [0.25, 0.3) is 0 Å². The highest BCUT2D eigenvalue weighted by Gasteiger charge is 2.04. The maximum absolute atomic E-state index is 10.9. The SMILES string of the molecule is COC(=O)COc1ccc(Br)c(CCN)c1. The lowest BCUT2D eigenvalue weighted by molar-refractivity contribution is -0.142. The van der Waals surface area contributed by atoms with Crippen LogP contribution in [0.15, 0.2) is 22.7 Å². The minimum atomic E-state index is -0.400. The van der Waals surface area contributed by atoms with Crippen LogP contribution in [0.5, 0.6) is 5.75 Å². The molecule has 0 saturated heterocycles. The van der Waals surface area contributed by atoms with Gasteiger partial charge in [-0.2, -0.15) is 0 Å². The fraction of sp³-hybridized carbons (Fsp3) is 0.364. The Hall–Kier alpha value is -1.07. The standard InChI is InChI=1S/C11H14BrNO3/c1-15-11(14)7-16-9-2-3-10(12)8(6-9)4-5-13/h2-3,6H,4-5,7,13H2,1H3. The summed E-state index contributed by atoms with van der Waals surface area (Å²) in [6.45, 7) is 0.485. The molecule has 0 saturated carbocycles. The second-order valence-electron chi connectivity index (χ2n) is 3.16. The number of ether oxygens (including phenoxy) is 2. The molecule has 0 spiro atoms. The van der Waals surface area contributed by atoms with Crippen molar-refractivity contribution in [1.29, 1.82) is 0 Å². The van der Waals surface area contributed by atoms with Gasteiger partial charge in [0.25, 0.3) is 0 Å². The fourth-order valence-electron chi connectivity index (χ4n) is 1.19. The topological polar surface area (TPSA) is 61.5 Å². The average molecular weight is 288 g/mol. The van der Waals surface area contributed by atoms with Crippen molar-refractivity contribution in [1.82, 2.24) is 0 Å². The van der Waals surface area contributed by atoms with Crippen LogP contribution < -0.4 is 10.5 Å². The van der Waals surface area contributed by atoms with Crippen LogP contribution in [-0.4, -0.2) is 26.2 Å². The van der Waals surface area contributed by atoms with E-state index in [4.69, 9.17) is 10.5 Å². The van der Waals surface area contributed by atoms with Crippen molar-refractivity contribution in [3.05, 3.63) is 28.2 Å². The first-order chi connectivity index (χ1) is 7.67. The Balaban J connectivity index is 2.67. The molecule has 4 nitrogen and oxygen atoms in total. The summed E-state index contributed by atoms with van der Waals surface area (Å²) in [7, 11) is 1.33. The van der Waals surface area contributed by atoms with Gasteiger partial charge >= 0.3 is 5.97 Å². The molecule has 2 N–H and O–H groups in total. The molecule has 1 rings (SSSR count). The summed E-state index contributed by atoms with van der Waals surface area (Å²) in [5.74, 6) is 0.236. The molecular weight excluding hydrogens is 274 g/mol. The van der Waals surface area contributed by atoms with E-state index in [-0.39, 0.29) is 6.61 Å². The first-order valence-corrected chi connectivity index (χ1v) is 5.64. The zero-order valence-electron chi connectivity index (χ0n) is 9.03. The van der Waals surface area contributed by atoms with Gasteiger partial charge in [0.15, 0.2) is 6.61 Å². The van der Waals surface area contributed by atoms with E-state index >= 15 is 0 Å². The van der Waals surface area contributed by atoms with E-state index in [1.807, 2.05) is 12.1 Å². The zero-order chi connectivity index (χ0) is 12.0. The van der Waals surface area contributed by atoms with Crippen molar-refractivity contribution in [2.24, 2.45) is 5.73 Å². The molecule has 5 heteroatoms. The van der Waals surface area contributed by atoms with E-state index in [2.05, 4.69) is 20.7 Å². The summed E-state index contributed by atoms with van der Waals surface area (Å²) >= 11 is 3.42. The number of esters is 1. The predicted molar refractivity (Wildman–Crippen MR) is 64.4 cm³/mol. The van der Waals surface area contributed by atoms with E-state index in [1.165, 1.54) is 7.11 Å². The third-order valence-electron chi connectivity index (χ3n) is 2.02. The molecule has 0 aliphatic heterocycles. The quantitative estimate of drug-likeness (QED) is 0.834. The number of hydrogen-bond donors (Lipinski definition) is 1. The summed E-state index contributed by atoms with van der Waals surface area (Å²) in [4.78, 5) is 10.9. The van der Waals surface area contributed by atoms with Crippen LogP contribution in [0.3, 0.4) is 0 Å². The van der Waals surface area contributed by atoms with Crippen molar-refractivity contribution >= 4 is 21.9 Å². The van der Waals surface area contributed by atoms with Crippen LogP contribution in [-0.2, 0) is 16.0 Å². The third-order valence-corrected chi connectivity index (χ3v) is 2.79. The lowest BCUT2D eigenvalue weighted by Crippen LogP contribution is -2.12. The minimum Gasteiger partial charge on any atom is -0.482 e. The van der Waals surface area contributed by atoms with Gasteiger partial charge in [-0.1, -0.05) is 15.9 Å². The smallest absolute Gasteiger partial charge is 0.343 e. The molecule has 1 aromatic rings. The number of carbonyl (C=O) groups excluding carboxylic acids is 1. The summed E-state index contributed by atoms with van der Waals surface area (Å²) < 4.78 is 10.7. The number of methoxy groups -OCH3 is 1. The summed E-state index contributed by atoms with van der Waals surface area (Å²) in [6.07, 6.45) is 0.760. The molecule has 0 aromatic heterocycles. The molecule has 0 unspecified atom stereocenters. The molecule has 0 amide bonds. The summed E-state index contributed by atoms with van der Waals surface area (Å²) in [6, 6.07) is 5.52. The number of hydrogen-bond acceptors (Lipinski definition) is 4. The van der Waals surface area contributed by atoms with Gasteiger partial charge in [-0.05, 0) is 36.7 Å². The number of benzene rings is 1. The summed E-state index contributed by atoms with van der Waals surface area (Å²) in [5.41, 5.74) is 6.55. The Morgan fingerprint density at radius 3 is 2.88 bits per heavy atom. The first kappa shape index (κ1) is 13.0. The fourth-order valence-corrected chi connectivity index (χ4v) is 1.63. The molecule has 0 atom stereocenters. The highest BCUT2D eigenvalue weighted by molar-refractivity contribution is 9.10. The lowest BCUT2D eigenvalue weighted by Gasteiger charge is -2.08. The highest BCUT2D eigenvalue weighted by Crippen LogP contribution is 2.22. The van der Waals surface area contributed by atoms with E-state index in [1.54, 1.807) is 6.07 Å². The molecule has 0 bridgehead atoms. The summed E-state index contributed by atoms with van der Waals surface area (Å²) in [5, 5.41) is 0. The molecular formula is C11H14BrNO3. The average Bonchev–Trinajstić information content (AvgIpc) is 2.30. The number of halogens is 1. The molecule has 1 aromatic carbocycles. The first-order valence-electron chi connectivity index (χ1n) is 4.85. The minimum absolute atomic E-state index is 0.0831. The van der Waals surface area contributed by atoms with E-state index in [9.17, 15) is 4.79 Å². The maximum atomic E-state index is 10.9. The van der Waals surface area contributed by atoms with Crippen LogP contribution in [0.4, 0.5) is 0 Å². The lowest BCUT2D eigenvalue weighted by atomic mass is 10.1. The Bertz CT molecular complexity index is 368. The van der Waals surface area contributed by atoms with Gasteiger partial charge in [0.2, 0.25) is 0 Å². The molecule has 16 heavy (non-hydrogen) atoms. The van der Waals surface area contributed by atoms with Crippen LogP contribution in [0, 0.1) is 0 Å². The Morgan fingerprint density at radius 2 is 2.25 bits per heavy atom. The number of carbonyl (C=O) groups is 1. The van der Waals surface area contributed by atoms with E-state index in [0.717, 1.165) is 16.5 Å². The van der Waals surface area contributed by atoms with Gasteiger partial charge in [-0.3, -0.25) is 0 Å². The monoisotopic (exact) mass is 287 g/mol. The van der Waals surface area contributed by atoms with Crippen molar-refractivity contribution in [3.8, 4) is 5.75 Å². The predicted octanol–water partition coefficient (Wildman–Crippen LogP) is 1.50. The van der Waals surface area contributed by atoms with Crippen LogP contribution in [0.1, 0.15) is 5.56 Å². The van der Waals surface area contributed by atoms with Crippen LogP contribution in [0.2, 0.25) is 0 Å². The van der Waals surface area contributed by atoms with E-state index < -0.39 is 5.97 Å². The maximum Gasteiger partial charge on any atom is 0.343 e. The van der Waals surface area contributed by atoms with Gasteiger partial charge in [0, 0.05) is 4.47 Å². The van der Waals surface area contributed by atoms with Crippen molar-refractivity contribution in [2.45, 2.75) is 6.42 Å². The molecule has 88 valence electrons. The van der Waals surface area contributed by atoms with Gasteiger partial charge < -0.3 is 15.2 Å². The van der Waals surface area contributed by atoms with Crippen molar-refractivity contribution < 1.29 is 14.3 Å². The second-order valence-corrected chi connectivity index (χ2v) is 4.01. The van der Waals surface area contributed by atoms with E-state index in [0.29, 0.717) is 12.3 Å². The zero-order valence-corrected chi connectivity index (χ0v) is 10.6. The molecule has 0 radical (unpaired) electrons. The normalized spacial score (nSPS) is 9.94. The number of nitrogens with two attached hydrogens (primary N) is 1. The molecule has 0 aliphatic carbocycles. The Labute approximate surface area is 103 Å². The highest BCUT2D eigenvalue weighted by atomic mass is 79.9. The van der Waals surface area contributed by atoms with Gasteiger partial charge in [-0.25, -0.2) is 4.79 Å². The third kappa shape index (κ3) is 3.83. The molecule has 0 aliphatic rings. The van der Waals surface area contributed by atoms with Crippen molar-refractivity contribution in [2.75, 3.05) is 20.3 Å². The van der Waals surface area contributed by atoms with Gasteiger partial charge in [0.05, 0.1) is 7.11 Å². The molecule has 0 heterocycles. The van der Waals surface area contributed by atoms with Gasteiger partial charge in [-0.15, -0.1) is 0 Å². The molecule has 0 fully saturated rings. The van der Waals surface area contributed by atoms with Gasteiger partial charge in [0.1, 0.15) is 5.75 Å². The van der Waals surface area contributed by atoms with Crippen molar-refractivity contribution in [3.63, 3.8) is 0 Å². The Kier molecular flexibility index (Phi) is 5.28. The Morgan fingerprint density at radius 1 is 1.50 bits per heavy atom. The largest absolute Gasteiger partial charge is 0.482 e. The van der Waals surface area contributed by atoms with Crippen LogP contribution >= 0.6 is 15.9 Å². The number of rotatable bonds is 5. The second kappa shape index (κ2) is 6.50.